The van der Waals surface area contributed by atoms with Gasteiger partial charge < -0.3 is 4.42 Å². The Morgan fingerprint density at radius 3 is 2.67 bits per heavy atom. The number of nitrogens with zero attached hydrogens (tertiary/aromatic N) is 1. The molecular weight excluding hydrogens is 282 g/mol. The number of thioether (sulfide) groups is 1. The first kappa shape index (κ1) is 13.6. The maximum absolute atomic E-state index is 12.0. The quantitative estimate of drug-likeness (QED) is 0.400. The van der Waals surface area contributed by atoms with Gasteiger partial charge in [-0.3, -0.25) is 4.79 Å². The molecule has 3 aromatic rings. The summed E-state index contributed by atoms with van der Waals surface area (Å²) in [5, 5.41) is 2.23. The smallest absolute Gasteiger partial charge is 0.261 e. The number of hydrogen-bond acceptors (Lipinski definition) is 4. The topological polar surface area (TPSA) is 43.1 Å². The summed E-state index contributed by atoms with van der Waals surface area (Å²) in [7, 11) is 0. The molecule has 0 bridgehead atoms. The van der Waals surface area contributed by atoms with Gasteiger partial charge in [0.15, 0.2) is 11.4 Å². The van der Waals surface area contributed by atoms with Crippen molar-refractivity contribution in [2.24, 2.45) is 0 Å². The Labute approximate surface area is 126 Å². The van der Waals surface area contributed by atoms with Gasteiger partial charge in [-0.2, -0.15) is 0 Å². The van der Waals surface area contributed by atoms with Crippen molar-refractivity contribution in [3.8, 4) is 0 Å². The second-order valence-electron chi connectivity index (χ2n) is 4.60. The van der Waals surface area contributed by atoms with Crippen molar-refractivity contribution >= 4 is 28.6 Å². The molecular formula is C17H13NO2S. The van der Waals surface area contributed by atoms with Crippen molar-refractivity contribution < 1.29 is 9.21 Å². The highest BCUT2D eigenvalue weighted by molar-refractivity contribution is 8.01. The molecule has 0 amide bonds. The molecule has 104 valence electrons. The molecule has 0 aliphatic heterocycles. The summed E-state index contributed by atoms with van der Waals surface area (Å²) < 4.78 is 5.56. The van der Waals surface area contributed by atoms with Crippen molar-refractivity contribution in [3.05, 3.63) is 71.1 Å². The van der Waals surface area contributed by atoms with Crippen LogP contribution in [0.3, 0.4) is 0 Å². The predicted octanol–water partition coefficient (Wildman–Crippen LogP) is 4.62. The fourth-order valence-corrected chi connectivity index (χ4v) is 2.47. The average Bonchev–Trinajstić information content (AvgIpc) is 2.90. The summed E-state index contributed by atoms with van der Waals surface area (Å²) in [5.74, 6) is -0.0291. The lowest BCUT2D eigenvalue weighted by Gasteiger charge is -1.96. The Bertz CT molecular complexity index is 770. The molecule has 0 spiro atoms. The van der Waals surface area contributed by atoms with Crippen LogP contribution < -0.4 is 0 Å². The summed E-state index contributed by atoms with van der Waals surface area (Å²) in [4.78, 5) is 16.3. The number of aryl methyl sites for hydroxylation is 1. The minimum atomic E-state index is -0.0291. The molecule has 0 radical (unpaired) electrons. The first-order valence-corrected chi connectivity index (χ1v) is 7.40. The van der Waals surface area contributed by atoms with E-state index in [2.05, 4.69) is 4.98 Å². The van der Waals surface area contributed by atoms with Crippen LogP contribution >= 0.6 is 11.8 Å². The number of carbonyl (C=O) groups excluding carboxylic acids is 1. The molecule has 0 unspecified atom stereocenters. The van der Waals surface area contributed by atoms with E-state index in [0.717, 1.165) is 16.7 Å². The van der Waals surface area contributed by atoms with E-state index in [0.29, 0.717) is 10.8 Å². The van der Waals surface area contributed by atoms with Crippen LogP contribution in [0.1, 0.15) is 15.9 Å². The molecule has 0 saturated carbocycles. The van der Waals surface area contributed by atoms with E-state index in [1.54, 1.807) is 5.41 Å². The Hall–Kier alpha value is -2.33. The molecule has 0 aliphatic carbocycles. The Balaban J connectivity index is 1.68. The highest BCUT2D eigenvalue weighted by atomic mass is 32.2. The van der Waals surface area contributed by atoms with E-state index >= 15 is 0 Å². The summed E-state index contributed by atoms with van der Waals surface area (Å²) in [5.41, 5.74) is 3.38. The molecule has 0 aliphatic rings. The van der Waals surface area contributed by atoms with Crippen LogP contribution in [0.4, 0.5) is 0 Å². The number of allylic oxidation sites excluding steroid dienone is 1. The van der Waals surface area contributed by atoms with Crippen LogP contribution in [0.15, 0.2) is 69.7 Å². The number of hydrogen-bond donors (Lipinski definition) is 0. The van der Waals surface area contributed by atoms with Crippen molar-refractivity contribution in [1.82, 2.24) is 4.98 Å². The molecule has 3 nitrogen and oxygen atoms in total. The Kier molecular flexibility index (Phi) is 3.88. The zero-order valence-corrected chi connectivity index (χ0v) is 12.3. The SMILES string of the molecule is Cc1ccc(C(=O)/C=C/Sc2nc3ccccc3o2)cc1. The zero-order valence-electron chi connectivity index (χ0n) is 11.4. The first-order chi connectivity index (χ1) is 10.2. The fourth-order valence-electron chi connectivity index (χ4n) is 1.87. The minimum Gasteiger partial charge on any atom is -0.431 e. The van der Waals surface area contributed by atoms with Crippen molar-refractivity contribution in [3.63, 3.8) is 0 Å². The summed E-state index contributed by atoms with van der Waals surface area (Å²) in [6.45, 7) is 1.99. The molecule has 0 N–H and O–H groups in total. The molecule has 4 heteroatoms. The largest absolute Gasteiger partial charge is 0.431 e. The number of rotatable bonds is 4. The number of oxazole rings is 1. The van der Waals surface area contributed by atoms with E-state index in [1.807, 2.05) is 55.5 Å². The summed E-state index contributed by atoms with van der Waals surface area (Å²) in [6, 6.07) is 15.1. The molecule has 2 aromatic carbocycles. The van der Waals surface area contributed by atoms with Gasteiger partial charge in [-0.05, 0) is 42.3 Å². The number of ketones is 1. The highest BCUT2D eigenvalue weighted by Gasteiger charge is 2.04. The molecule has 0 saturated heterocycles. The zero-order chi connectivity index (χ0) is 14.7. The maximum atomic E-state index is 12.0. The van der Waals surface area contributed by atoms with Gasteiger partial charge in [-0.25, -0.2) is 4.98 Å². The summed E-state index contributed by atoms with van der Waals surface area (Å²) in [6.07, 6.45) is 1.53. The monoisotopic (exact) mass is 295 g/mol. The van der Waals surface area contributed by atoms with Crippen molar-refractivity contribution in [1.29, 1.82) is 0 Å². The van der Waals surface area contributed by atoms with Crippen LogP contribution in [0.2, 0.25) is 0 Å². The third kappa shape index (κ3) is 3.23. The van der Waals surface area contributed by atoms with Crippen molar-refractivity contribution in [2.45, 2.75) is 12.1 Å². The minimum absolute atomic E-state index is 0.0291. The second-order valence-corrected chi connectivity index (χ2v) is 5.46. The normalized spacial score (nSPS) is 11.3. The van der Waals surface area contributed by atoms with Crippen molar-refractivity contribution in [2.75, 3.05) is 0 Å². The van der Waals surface area contributed by atoms with Gasteiger partial charge in [-0.15, -0.1) is 0 Å². The Morgan fingerprint density at radius 1 is 1.14 bits per heavy atom. The van der Waals surface area contributed by atoms with E-state index in [4.69, 9.17) is 4.42 Å². The van der Waals surface area contributed by atoms with Crippen LogP contribution in [0.25, 0.3) is 11.1 Å². The molecule has 21 heavy (non-hydrogen) atoms. The lowest BCUT2D eigenvalue weighted by Crippen LogP contribution is -1.93. The average molecular weight is 295 g/mol. The first-order valence-electron chi connectivity index (χ1n) is 6.52. The second kappa shape index (κ2) is 5.97. The molecule has 3 rings (SSSR count). The lowest BCUT2D eigenvalue weighted by atomic mass is 10.1. The van der Waals surface area contributed by atoms with Gasteiger partial charge in [0, 0.05) is 5.56 Å². The van der Waals surface area contributed by atoms with E-state index < -0.39 is 0 Å². The lowest BCUT2D eigenvalue weighted by molar-refractivity contribution is 0.104. The fraction of sp³-hybridized carbons (Fsp3) is 0.0588. The molecule has 0 atom stereocenters. The van der Waals surface area contributed by atoms with E-state index in [9.17, 15) is 4.79 Å². The van der Waals surface area contributed by atoms with Crippen LogP contribution in [0, 0.1) is 6.92 Å². The van der Waals surface area contributed by atoms with Gasteiger partial charge in [-0.1, -0.05) is 42.0 Å². The van der Waals surface area contributed by atoms with Crippen LogP contribution in [0.5, 0.6) is 0 Å². The van der Waals surface area contributed by atoms with Gasteiger partial charge in [0.1, 0.15) is 5.52 Å². The number of para-hydroxylation sites is 2. The van der Waals surface area contributed by atoms with Gasteiger partial charge >= 0.3 is 0 Å². The number of carbonyl (C=O) groups is 1. The van der Waals surface area contributed by atoms with Gasteiger partial charge in [0.25, 0.3) is 5.22 Å². The van der Waals surface area contributed by atoms with Crippen LogP contribution in [-0.4, -0.2) is 10.8 Å². The molecule has 1 aromatic heterocycles. The van der Waals surface area contributed by atoms with Gasteiger partial charge in [0.2, 0.25) is 0 Å². The number of benzene rings is 2. The Morgan fingerprint density at radius 2 is 1.90 bits per heavy atom. The van der Waals surface area contributed by atoms with E-state index in [1.165, 1.54) is 17.8 Å². The third-order valence-corrected chi connectivity index (χ3v) is 3.65. The highest BCUT2D eigenvalue weighted by Crippen LogP contribution is 2.23. The third-order valence-electron chi connectivity index (χ3n) is 3.00. The number of aromatic nitrogens is 1. The number of fused-ring (bicyclic) bond motifs is 1. The summed E-state index contributed by atoms with van der Waals surface area (Å²) >= 11 is 1.29. The predicted molar refractivity (Wildman–Crippen MR) is 84.5 cm³/mol. The maximum Gasteiger partial charge on any atom is 0.261 e. The molecule has 1 heterocycles. The van der Waals surface area contributed by atoms with E-state index in [-0.39, 0.29) is 5.78 Å². The van der Waals surface area contributed by atoms with Crippen LogP contribution in [-0.2, 0) is 0 Å². The molecule has 0 fully saturated rings. The van der Waals surface area contributed by atoms with Gasteiger partial charge in [0.05, 0.1) is 0 Å². The standard InChI is InChI=1S/C17H13NO2S/c1-12-6-8-13(9-7-12)15(19)10-11-21-17-18-14-4-2-3-5-16(14)20-17/h2-11H,1H3/b11-10+.